The lowest BCUT2D eigenvalue weighted by atomic mass is 10.2. The minimum atomic E-state index is -4.78. The summed E-state index contributed by atoms with van der Waals surface area (Å²) in [4.78, 5) is 15.4. The van der Waals surface area contributed by atoms with Gasteiger partial charge in [0, 0.05) is 17.0 Å². The number of alkyl halides is 3. The topological polar surface area (TPSA) is 86.2 Å². The van der Waals surface area contributed by atoms with Crippen LogP contribution in [0, 0.1) is 10.1 Å². The number of halogens is 3. The van der Waals surface area contributed by atoms with Crippen LogP contribution in [0.15, 0.2) is 58.5 Å². The maximum Gasteiger partial charge on any atom is 0.452 e. The summed E-state index contributed by atoms with van der Waals surface area (Å²) in [5.41, 5.74) is -0.397. The number of aromatic nitrogens is 4. The van der Waals surface area contributed by atoms with Crippen LogP contribution < -0.4 is 0 Å². The van der Waals surface area contributed by atoms with Crippen molar-refractivity contribution < 1.29 is 18.1 Å². The lowest BCUT2D eigenvalue weighted by Gasteiger charge is -2.09. The van der Waals surface area contributed by atoms with Crippen molar-refractivity contribution in [2.45, 2.75) is 16.1 Å². The van der Waals surface area contributed by atoms with Crippen LogP contribution in [-0.2, 0) is 6.18 Å². The summed E-state index contributed by atoms with van der Waals surface area (Å²) < 4.78 is 41.0. The molecular formula is C16H8F3N5O2S. The van der Waals surface area contributed by atoms with Gasteiger partial charge in [-0.3, -0.25) is 14.5 Å². The maximum atomic E-state index is 13.4. The third-order valence-corrected chi connectivity index (χ3v) is 4.67. The molecule has 7 nitrogen and oxygen atoms in total. The van der Waals surface area contributed by atoms with Crippen molar-refractivity contribution in [2.24, 2.45) is 0 Å². The Balaban J connectivity index is 2.04. The van der Waals surface area contributed by atoms with Crippen LogP contribution in [0.4, 0.5) is 18.9 Å². The first-order valence-corrected chi connectivity index (χ1v) is 8.29. The van der Waals surface area contributed by atoms with Crippen molar-refractivity contribution >= 4 is 34.1 Å². The minimum Gasteiger partial charge on any atom is -0.267 e. The van der Waals surface area contributed by atoms with Crippen molar-refractivity contribution in [1.29, 1.82) is 0 Å². The molecule has 0 amide bonds. The first kappa shape index (κ1) is 17.2. The Kier molecular flexibility index (Phi) is 3.95. The predicted octanol–water partition coefficient (Wildman–Crippen LogP) is 4.36. The highest BCUT2D eigenvalue weighted by Gasteiger charge is 2.38. The number of rotatable bonds is 3. The zero-order chi connectivity index (χ0) is 19.2. The van der Waals surface area contributed by atoms with Crippen molar-refractivity contribution in [3.63, 3.8) is 0 Å². The minimum absolute atomic E-state index is 0.0889. The summed E-state index contributed by atoms with van der Waals surface area (Å²) in [6, 6.07) is 12.5. The third-order valence-electron chi connectivity index (χ3n) is 3.70. The molecule has 0 saturated carbocycles. The monoisotopic (exact) mass is 391 g/mol. The summed E-state index contributed by atoms with van der Waals surface area (Å²) in [5, 5.41) is 18.1. The molecule has 11 heteroatoms. The molecule has 0 unspecified atom stereocenters. The third kappa shape index (κ3) is 3.05. The molecule has 4 aromatic rings. The van der Waals surface area contributed by atoms with Crippen LogP contribution in [0.1, 0.15) is 5.82 Å². The molecule has 0 fully saturated rings. The molecule has 4 rings (SSSR count). The molecule has 0 aliphatic heterocycles. The molecule has 0 saturated heterocycles. The first-order chi connectivity index (χ1) is 12.8. The lowest BCUT2D eigenvalue weighted by Crippen LogP contribution is -2.12. The molecule has 27 heavy (non-hydrogen) atoms. The number of non-ortho nitro benzene ring substituents is 1. The number of hydrogen-bond donors (Lipinski definition) is 0. The van der Waals surface area contributed by atoms with Gasteiger partial charge in [0.15, 0.2) is 5.65 Å². The van der Waals surface area contributed by atoms with E-state index in [0.29, 0.717) is 0 Å². The highest BCUT2D eigenvalue weighted by Crippen LogP contribution is 2.35. The summed E-state index contributed by atoms with van der Waals surface area (Å²) >= 11 is 1.13. The van der Waals surface area contributed by atoms with Gasteiger partial charge in [-0.1, -0.05) is 30.0 Å². The van der Waals surface area contributed by atoms with E-state index in [9.17, 15) is 23.3 Å². The fraction of sp³-hybridized carbons (Fsp3) is 0.0625. The van der Waals surface area contributed by atoms with E-state index in [0.717, 1.165) is 27.1 Å². The molecule has 0 aliphatic rings. The molecule has 0 spiro atoms. The van der Waals surface area contributed by atoms with Gasteiger partial charge in [0.25, 0.3) is 5.69 Å². The maximum absolute atomic E-state index is 13.4. The average Bonchev–Trinajstić information content (AvgIpc) is 3.08. The molecule has 2 heterocycles. The largest absolute Gasteiger partial charge is 0.452 e. The van der Waals surface area contributed by atoms with E-state index in [4.69, 9.17) is 0 Å². The molecule has 2 aromatic heterocycles. The fourth-order valence-corrected chi connectivity index (χ4v) is 3.45. The van der Waals surface area contributed by atoms with E-state index in [2.05, 4.69) is 15.2 Å². The zero-order valence-corrected chi connectivity index (χ0v) is 14.0. The Bertz CT molecular complexity index is 1180. The van der Waals surface area contributed by atoms with Gasteiger partial charge >= 0.3 is 6.18 Å². The second-order valence-electron chi connectivity index (χ2n) is 5.44. The zero-order valence-electron chi connectivity index (χ0n) is 13.2. The molecule has 0 bridgehead atoms. The van der Waals surface area contributed by atoms with Crippen LogP contribution in [-0.4, -0.2) is 24.5 Å². The van der Waals surface area contributed by atoms with Crippen LogP contribution >= 0.6 is 11.8 Å². The highest BCUT2D eigenvalue weighted by atomic mass is 32.2. The molecule has 0 N–H and O–H groups in total. The summed E-state index contributed by atoms with van der Waals surface area (Å²) in [6.45, 7) is 0. The van der Waals surface area contributed by atoms with Gasteiger partial charge in [0.1, 0.15) is 5.03 Å². The van der Waals surface area contributed by atoms with Gasteiger partial charge in [-0.05, 0) is 18.2 Å². The Morgan fingerprint density at radius 1 is 1.07 bits per heavy atom. The summed E-state index contributed by atoms with van der Waals surface area (Å²) in [6.07, 6.45) is -4.78. The smallest absolute Gasteiger partial charge is 0.267 e. The van der Waals surface area contributed by atoms with Gasteiger partial charge in [0.2, 0.25) is 5.82 Å². The molecule has 2 aromatic carbocycles. The van der Waals surface area contributed by atoms with Gasteiger partial charge in [-0.2, -0.15) is 13.2 Å². The van der Waals surface area contributed by atoms with Crippen LogP contribution in [0.3, 0.4) is 0 Å². The first-order valence-electron chi connectivity index (χ1n) is 7.48. The molecule has 0 aliphatic carbocycles. The molecule has 0 radical (unpaired) electrons. The van der Waals surface area contributed by atoms with Gasteiger partial charge < -0.3 is 0 Å². The SMILES string of the molecule is O=[N+]([O-])c1ccc2nc(Sc3ccccc3)c3nnc(C(F)(F)F)n3c2c1. The number of nitro groups is 1. The molecule has 0 atom stereocenters. The van der Waals surface area contributed by atoms with E-state index in [1.807, 2.05) is 6.07 Å². The number of fused-ring (bicyclic) bond motifs is 3. The summed E-state index contributed by atoms with van der Waals surface area (Å²) in [7, 11) is 0. The highest BCUT2D eigenvalue weighted by molar-refractivity contribution is 7.99. The number of nitrogens with zero attached hydrogens (tertiary/aromatic N) is 5. The van der Waals surface area contributed by atoms with Crippen LogP contribution in [0.25, 0.3) is 16.7 Å². The number of hydrogen-bond acceptors (Lipinski definition) is 6. The van der Waals surface area contributed by atoms with Gasteiger partial charge in [0.05, 0.1) is 16.0 Å². The average molecular weight is 391 g/mol. The van der Waals surface area contributed by atoms with E-state index >= 15 is 0 Å². The van der Waals surface area contributed by atoms with Crippen molar-refractivity contribution in [3.8, 4) is 0 Å². The van der Waals surface area contributed by atoms with E-state index in [1.54, 1.807) is 24.3 Å². The number of benzene rings is 2. The van der Waals surface area contributed by atoms with Crippen molar-refractivity contribution in [3.05, 3.63) is 64.5 Å². The normalized spacial score (nSPS) is 12.0. The molecule has 136 valence electrons. The number of nitro benzene ring substituents is 1. The quantitative estimate of drug-likeness (QED) is 0.381. The Morgan fingerprint density at radius 3 is 2.48 bits per heavy atom. The summed E-state index contributed by atoms with van der Waals surface area (Å²) in [5.74, 6) is -1.26. The molecular weight excluding hydrogens is 383 g/mol. The van der Waals surface area contributed by atoms with Crippen LogP contribution in [0.5, 0.6) is 0 Å². The predicted molar refractivity (Wildman–Crippen MR) is 90.5 cm³/mol. The Labute approximate surface area is 153 Å². The second-order valence-corrected chi connectivity index (χ2v) is 6.50. The van der Waals surface area contributed by atoms with Gasteiger partial charge in [-0.25, -0.2) is 4.98 Å². The Hall–Kier alpha value is -3.21. The lowest BCUT2D eigenvalue weighted by molar-refractivity contribution is -0.384. The van der Waals surface area contributed by atoms with E-state index in [1.165, 1.54) is 12.1 Å². The van der Waals surface area contributed by atoms with E-state index < -0.39 is 16.9 Å². The van der Waals surface area contributed by atoms with E-state index in [-0.39, 0.29) is 27.4 Å². The fourth-order valence-electron chi connectivity index (χ4n) is 2.56. The second kappa shape index (κ2) is 6.20. The standard InChI is InChI=1S/C16H8F3N5O2S/c17-16(18,19)15-22-21-13-14(27-10-4-2-1-3-5-10)20-11-7-6-9(24(25)26)8-12(11)23(13)15/h1-8H. The Morgan fingerprint density at radius 2 is 1.81 bits per heavy atom. The van der Waals surface area contributed by atoms with Gasteiger partial charge in [-0.15, -0.1) is 10.2 Å². The van der Waals surface area contributed by atoms with Crippen molar-refractivity contribution in [1.82, 2.24) is 19.6 Å². The van der Waals surface area contributed by atoms with Crippen molar-refractivity contribution in [2.75, 3.05) is 0 Å². The van der Waals surface area contributed by atoms with Crippen LogP contribution in [0.2, 0.25) is 0 Å².